The Balaban J connectivity index is 2.02. The number of benzene rings is 1. The molecule has 0 aliphatic heterocycles. The number of hydrogen-bond donors (Lipinski definition) is 0. The highest BCUT2D eigenvalue weighted by Gasteiger charge is 2.15. The lowest BCUT2D eigenvalue weighted by molar-refractivity contribution is 0.623. The lowest BCUT2D eigenvalue weighted by Gasteiger charge is -2.09. The van der Waals surface area contributed by atoms with E-state index in [9.17, 15) is 0 Å². The van der Waals surface area contributed by atoms with Crippen LogP contribution in [0.1, 0.15) is 31.2 Å². The zero-order valence-corrected chi connectivity index (χ0v) is 10.7. The van der Waals surface area contributed by atoms with Gasteiger partial charge in [0.2, 0.25) is 0 Å². The smallest absolute Gasteiger partial charge is 0.100 e. The van der Waals surface area contributed by atoms with E-state index >= 15 is 0 Å². The molecule has 1 saturated carbocycles. The molecule has 16 heavy (non-hydrogen) atoms. The fourth-order valence-corrected chi connectivity index (χ4v) is 3.56. The molecule has 1 fully saturated rings. The zero-order chi connectivity index (χ0) is 11.4. The SMILES string of the molecule is N#Cc1ccc(Cl)cc1SCC1CCCC1. The van der Waals surface area contributed by atoms with E-state index in [4.69, 9.17) is 16.9 Å². The van der Waals surface area contributed by atoms with E-state index in [2.05, 4.69) is 6.07 Å². The van der Waals surface area contributed by atoms with Gasteiger partial charge >= 0.3 is 0 Å². The summed E-state index contributed by atoms with van der Waals surface area (Å²) in [5.41, 5.74) is 0.743. The fourth-order valence-electron chi connectivity index (χ4n) is 2.09. The second kappa shape index (κ2) is 5.61. The molecule has 1 aliphatic carbocycles. The van der Waals surface area contributed by atoms with Crippen molar-refractivity contribution in [2.75, 3.05) is 5.75 Å². The molecule has 1 aromatic rings. The molecule has 0 bridgehead atoms. The van der Waals surface area contributed by atoms with Gasteiger partial charge in [0.05, 0.1) is 5.56 Å². The molecule has 0 saturated heterocycles. The first-order valence-corrected chi connectivity index (χ1v) is 6.98. The Kier molecular flexibility index (Phi) is 4.15. The van der Waals surface area contributed by atoms with E-state index in [1.165, 1.54) is 25.7 Å². The number of nitrogens with zero attached hydrogens (tertiary/aromatic N) is 1. The summed E-state index contributed by atoms with van der Waals surface area (Å²) in [5.74, 6) is 1.95. The summed E-state index contributed by atoms with van der Waals surface area (Å²) < 4.78 is 0. The van der Waals surface area contributed by atoms with E-state index in [1.807, 2.05) is 6.07 Å². The predicted octanol–water partition coefficient (Wildman–Crippen LogP) is 4.49. The lowest BCUT2D eigenvalue weighted by atomic mass is 10.1. The third-order valence-electron chi connectivity index (χ3n) is 3.01. The van der Waals surface area contributed by atoms with Crippen molar-refractivity contribution in [1.82, 2.24) is 0 Å². The molecule has 1 aromatic carbocycles. The van der Waals surface area contributed by atoms with Crippen LogP contribution in [0.3, 0.4) is 0 Å². The molecule has 0 aromatic heterocycles. The molecule has 0 heterocycles. The number of rotatable bonds is 3. The molecule has 2 rings (SSSR count). The summed E-state index contributed by atoms with van der Waals surface area (Å²) in [5, 5.41) is 9.71. The van der Waals surface area contributed by atoms with Crippen molar-refractivity contribution in [3.8, 4) is 6.07 Å². The molecular formula is C13H14ClNS. The summed E-state index contributed by atoms with van der Waals surface area (Å²) in [4.78, 5) is 1.03. The first-order chi connectivity index (χ1) is 7.79. The quantitative estimate of drug-likeness (QED) is 0.739. The van der Waals surface area contributed by atoms with Crippen LogP contribution in [0.2, 0.25) is 5.02 Å². The fraction of sp³-hybridized carbons (Fsp3) is 0.462. The minimum absolute atomic E-state index is 0.716. The van der Waals surface area contributed by atoms with Crippen LogP contribution < -0.4 is 0 Å². The zero-order valence-electron chi connectivity index (χ0n) is 9.08. The Morgan fingerprint density at radius 1 is 1.38 bits per heavy atom. The number of hydrogen-bond acceptors (Lipinski definition) is 2. The molecular weight excluding hydrogens is 238 g/mol. The van der Waals surface area contributed by atoms with Crippen LogP contribution >= 0.6 is 23.4 Å². The van der Waals surface area contributed by atoms with Crippen LogP contribution in [0.4, 0.5) is 0 Å². The summed E-state index contributed by atoms with van der Waals surface area (Å²) in [6.45, 7) is 0. The Morgan fingerprint density at radius 2 is 2.12 bits per heavy atom. The highest BCUT2D eigenvalue weighted by Crippen LogP contribution is 2.33. The number of nitriles is 1. The maximum atomic E-state index is 8.99. The van der Waals surface area contributed by atoms with Crippen LogP contribution in [0, 0.1) is 17.2 Å². The van der Waals surface area contributed by atoms with Crippen molar-refractivity contribution in [2.24, 2.45) is 5.92 Å². The molecule has 0 atom stereocenters. The van der Waals surface area contributed by atoms with Gasteiger partial charge in [-0.05, 0) is 37.0 Å². The Hall–Kier alpha value is -0.650. The largest absolute Gasteiger partial charge is 0.192 e. The minimum Gasteiger partial charge on any atom is -0.192 e. The van der Waals surface area contributed by atoms with Gasteiger partial charge in [-0.15, -0.1) is 11.8 Å². The van der Waals surface area contributed by atoms with Gasteiger partial charge < -0.3 is 0 Å². The Labute approximate surface area is 106 Å². The third kappa shape index (κ3) is 2.93. The molecule has 84 valence electrons. The Bertz CT molecular complexity index is 405. The van der Waals surface area contributed by atoms with Crippen molar-refractivity contribution in [1.29, 1.82) is 5.26 Å². The highest BCUT2D eigenvalue weighted by atomic mass is 35.5. The van der Waals surface area contributed by atoms with Gasteiger partial charge in [-0.1, -0.05) is 24.4 Å². The van der Waals surface area contributed by atoms with Crippen LogP contribution in [-0.4, -0.2) is 5.75 Å². The molecule has 1 nitrogen and oxygen atoms in total. The molecule has 1 aliphatic rings. The lowest BCUT2D eigenvalue weighted by Crippen LogP contribution is -1.96. The van der Waals surface area contributed by atoms with Crippen LogP contribution in [0.25, 0.3) is 0 Å². The van der Waals surface area contributed by atoms with Crippen molar-refractivity contribution in [3.63, 3.8) is 0 Å². The average molecular weight is 252 g/mol. The average Bonchev–Trinajstić information content (AvgIpc) is 2.79. The molecule has 0 unspecified atom stereocenters. The highest BCUT2D eigenvalue weighted by molar-refractivity contribution is 7.99. The van der Waals surface area contributed by atoms with Crippen LogP contribution in [-0.2, 0) is 0 Å². The van der Waals surface area contributed by atoms with E-state index < -0.39 is 0 Å². The van der Waals surface area contributed by atoms with E-state index in [1.54, 1.807) is 23.9 Å². The monoisotopic (exact) mass is 251 g/mol. The third-order valence-corrected chi connectivity index (χ3v) is 4.54. The van der Waals surface area contributed by atoms with Crippen LogP contribution in [0.15, 0.2) is 23.1 Å². The summed E-state index contributed by atoms with van der Waals surface area (Å²) >= 11 is 7.72. The van der Waals surface area contributed by atoms with Gasteiger partial charge in [-0.2, -0.15) is 5.26 Å². The molecule has 0 amide bonds. The van der Waals surface area contributed by atoms with Gasteiger partial charge in [-0.3, -0.25) is 0 Å². The van der Waals surface area contributed by atoms with Crippen molar-refractivity contribution in [3.05, 3.63) is 28.8 Å². The van der Waals surface area contributed by atoms with Gasteiger partial charge in [0, 0.05) is 15.7 Å². The van der Waals surface area contributed by atoms with E-state index in [-0.39, 0.29) is 0 Å². The van der Waals surface area contributed by atoms with E-state index in [0.717, 1.165) is 22.1 Å². The van der Waals surface area contributed by atoms with Crippen molar-refractivity contribution < 1.29 is 0 Å². The molecule has 0 radical (unpaired) electrons. The first kappa shape index (κ1) is 11.8. The predicted molar refractivity (Wildman–Crippen MR) is 68.8 cm³/mol. The second-order valence-electron chi connectivity index (χ2n) is 4.21. The summed E-state index contributed by atoms with van der Waals surface area (Å²) in [6.07, 6.45) is 5.42. The van der Waals surface area contributed by atoms with Gasteiger partial charge in [0.25, 0.3) is 0 Å². The van der Waals surface area contributed by atoms with Gasteiger partial charge in [-0.25, -0.2) is 0 Å². The van der Waals surface area contributed by atoms with Crippen molar-refractivity contribution >= 4 is 23.4 Å². The summed E-state index contributed by atoms with van der Waals surface area (Å²) in [7, 11) is 0. The van der Waals surface area contributed by atoms with Gasteiger partial charge in [0.1, 0.15) is 6.07 Å². The summed E-state index contributed by atoms with van der Waals surface area (Å²) in [6, 6.07) is 7.70. The normalized spacial score (nSPS) is 16.2. The van der Waals surface area contributed by atoms with E-state index in [0.29, 0.717) is 5.02 Å². The number of halogens is 1. The minimum atomic E-state index is 0.716. The second-order valence-corrected chi connectivity index (χ2v) is 5.71. The van der Waals surface area contributed by atoms with Gasteiger partial charge in [0.15, 0.2) is 0 Å². The number of thioether (sulfide) groups is 1. The Morgan fingerprint density at radius 3 is 2.81 bits per heavy atom. The molecule has 0 spiro atoms. The van der Waals surface area contributed by atoms with Crippen LogP contribution in [0.5, 0.6) is 0 Å². The maximum absolute atomic E-state index is 8.99. The van der Waals surface area contributed by atoms with Crippen molar-refractivity contribution in [2.45, 2.75) is 30.6 Å². The molecule has 0 N–H and O–H groups in total. The maximum Gasteiger partial charge on any atom is 0.100 e. The standard InChI is InChI=1S/C13H14ClNS/c14-12-6-5-11(8-15)13(7-12)16-9-10-3-1-2-4-10/h5-7,10H,1-4,9H2. The topological polar surface area (TPSA) is 23.8 Å². The molecule has 3 heteroatoms. The first-order valence-electron chi connectivity index (χ1n) is 5.62.